The lowest BCUT2D eigenvalue weighted by molar-refractivity contribution is -0.141. The zero-order valence-corrected chi connectivity index (χ0v) is 15.1. The molecule has 0 aliphatic heterocycles. The van der Waals surface area contributed by atoms with Crippen LogP contribution in [0.3, 0.4) is 0 Å². The third-order valence-electron chi connectivity index (χ3n) is 8.04. The van der Waals surface area contributed by atoms with Crippen LogP contribution in [0.25, 0.3) is 0 Å². The number of hydrogen-bond donors (Lipinski definition) is 2. The van der Waals surface area contributed by atoms with Crippen LogP contribution >= 0.6 is 0 Å². The minimum absolute atomic E-state index is 0.0514. The summed E-state index contributed by atoms with van der Waals surface area (Å²) in [6.45, 7) is 3.92. The average molecular weight is 344 g/mol. The van der Waals surface area contributed by atoms with Crippen LogP contribution < -0.4 is 0 Å². The Kier molecular flexibility index (Phi) is 3.86. The standard InChI is InChI=1S/C21H28O4/c1-20-8-7-13(23)9-12(20)3-4-14-15-5-6-16(18(25)11-22)21(15,2)10-17(24)19(14)20/h7-9,14-17,19,22,24H,3-6,10-11H2,1-2H3/t14-,15-,16-,17-,19+,20-,21-/m0/s1. The van der Waals surface area contributed by atoms with Crippen molar-refractivity contribution in [3.8, 4) is 0 Å². The summed E-state index contributed by atoms with van der Waals surface area (Å²) >= 11 is 0. The van der Waals surface area contributed by atoms with E-state index < -0.39 is 12.7 Å². The minimum atomic E-state index is -0.482. The number of Topliss-reactive ketones (excluding diaryl/α,β-unsaturated/α-hetero) is 1. The van der Waals surface area contributed by atoms with Gasteiger partial charge >= 0.3 is 0 Å². The van der Waals surface area contributed by atoms with Crippen molar-refractivity contribution in [1.82, 2.24) is 0 Å². The molecule has 4 nitrogen and oxygen atoms in total. The van der Waals surface area contributed by atoms with Crippen molar-refractivity contribution in [2.24, 2.45) is 34.5 Å². The van der Waals surface area contributed by atoms with Gasteiger partial charge in [0.2, 0.25) is 0 Å². The van der Waals surface area contributed by atoms with Crippen molar-refractivity contribution in [1.29, 1.82) is 0 Å². The molecule has 4 heteroatoms. The first kappa shape index (κ1) is 17.2. The molecule has 0 saturated heterocycles. The summed E-state index contributed by atoms with van der Waals surface area (Å²) in [5.41, 5.74) is 0.688. The molecule has 3 fully saturated rings. The zero-order valence-electron chi connectivity index (χ0n) is 15.1. The van der Waals surface area contributed by atoms with Crippen LogP contribution in [0.2, 0.25) is 0 Å². The molecule has 0 bridgehead atoms. The van der Waals surface area contributed by atoms with E-state index in [-0.39, 0.29) is 34.2 Å². The van der Waals surface area contributed by atoms with E-state index in [1.54, 1.807) is 12.2 Å². The van der Waals surface area contributed by atoms with Gasteiger partial charge in [0.1, 0.15) is 6.61 Å². The van der Waals surface area contributed by atoms with E-state index in [1.807, 2.05) is 6.08 Å². The molecule has 0 aromatic rings. The monoisotopic (exact) mass is 344 g/mol. The van der Waals surface area contributed by atoms with Crippen LogP contribution in [0, 0.1) is 34.5 Å². The van der Waals surface area contributed by atoms with Crippen LogP contribution in [-0.4, -0.2) is 34.5 Å². The Labute approximate surface area is 149 Å². The fourth-order valence-electron chi connectivity index (χ4n) is 6.96. The molecule has 2 N–H and O–H groups in total. The van der Waals surface area contributed by atoms with Crippen molar-refractivity contribution in [2.45, 2.75) is 52.1 Å². The van der Waals surface area contributed by atoms with Crippen molar-refractivity contribution in [3.05, 3.63) is 23.8 Å². The number of aliphatic hydroxyl groups excluding tert-OH is 2. The lowest BCUT2D eigenvalue weighted by Gasteiger charge is -2.58. The molecule has 136 valence electrons. The number of ketones is 2. The molecular weight excluding hydrogens is 316 g/mol. The molecule has 0 amide bonds. The number of hydrogen-bond acceptors (Lipinski definition) is 4. The fourth-order valence-corrected chi connectivity index (χ4v) is 6.96. The highest BCUT2D eigenvalue weighted by Crippen LogP contribution is 2.65. The Morgan fingerprint density at radius 2 is 2.04 bits per heavy atom. The van der Waals surface area contributed by atoms with Crippen LogP contribution in [0.1, 0.15) is 46.0 Å². The van der Waals surface area contributed by atoms with Crippen molar-refractivity contribution >= 4 is 11.6 Å². The Balaban J connectivity index is 1.71. The molecule has 7 atom stereocenters. The molecule has 25 heavy (non-hydrogen) atoms. The van der Waals surface area contributed by atoms with E-state index in [0.717, 1.165) is 31.3 Å². The topological polar surface area (TPSA) is 74.6 Å². The van der Waals surface area contributed by atoms with Crippen LogP contribution in [0.15, 0.2) is 23.8 Å². The first-order chi connectivity index (χ1) is 11.8. The summed E-state index contributed by atoms with van der Waals surface area (Å²) in [5, 5.41) is 20.5. The molecule has 0 heterocycles. The van der Waals surface area contributed by atoms with Gasteiger partial charge in [0.05, 0.1) is 6.10 Å². The highest BCUT2D eigenvalue weighted by Gasteiger charge is 2.62. The maximum Gasteiger partial charge on any atom is 0.178 e. The summed E-state index contributed by atoms with van der Waals surface area (Å²) in [4.78, 5) is 24.1. The normalized spacial score (nSPS) is 48.4. The molecule has 4 aliphatic carbocycles. The van der Waals surface area contributed by atoms with Crippen LogP contribution in [-0.2, 0) is 9.59 Å². The predicted octanol–water partition coefficient (Wildman–Crippen LogP) is 2.44. The minimum Gasteiger partial charge on any atom is -0.393 e. The number of carbonyl (C=O) groups excluding carboxylic acids is 2. The second-order valence-electron chi connectivity index (χ2n) is 9.05. The van der Waals surface area contributed by atoms with Crippen molar-refractivity contribution in [3.63, 3.8) is 0 Å². The van der Waals surface area contributed by atoms with Gasteiger partial charge in [-0.3, -0.25) is 9.59 Å². The molecule has 0 radical (unpaired) electrons. The number of aliphatic hydroxyl groups is 2. The Hall–Kier alpha value is -1.26. The molecule has 0 spiro atoms. The second kappa shape index (κ2) is 5.62. The first-order valence-corrected chi connectivity index (χ1v) is 9.57. The van der Waals surface area contributed by atoms with Gasteiger partial charge in [0, 0.05) is 17.3 Å². The third-order valence-corrected chi connectivity index (χ3v) is 8.04. The van der Waals surface area contributed by atoms with E-state index in [4.69, 9.17) is 0 Å². The van der Waals surface area contributed by atoms with Gasteiger partial charge in [-0.15, -0.1) is 0 Å². The molecule has 4 rings (SSSR count). The van der Waals surface area contributed by atoms with Gasteiger partial charge in [-0.2, -0.15) is 0 Å². The van der Waals surface area contributed by atoms with Crippen LogP contribution in [0.5, 0.6) is 0 Å². The zero-order chi connectivity index (χ0) is 18.0. The highest BCUT2D eigenvalue weighted by molar-refractivity contribution is 6.01. The number of allylic oxidation sites excluding steroid dienone is 4. The third kappa shape index (κ3) is 2.26. The Morgan fingerprint density at radius 3 is 2.76 bits per heavy atom. The Morgan fingerprint density at radius 1 is 1.28 bits per heavy atom. The lowest BCUT2D eigenvalue weighted by atomic mass is 9.46. The van der Waals surface area contributed by atoms with E-state index in [2.05, 4.69) is 13.8 Å². The van der Waals surface area contributed by atoms with E-state index in [0.29, 0.717) is 18.3 Å². The van der Waals surface area contributed by atoms with E-state index in [9.17, 15) is 19.8 Å². The quantitative estimate of drug-likeness (QED) is 0.807. The maximum absolute atomic E-state index is 12.3. The molecule has 0 aromatic heterocycles. The SMILES string of the molecule is C[C@]12C[C@H](O)[C@H]3[C@@H](CCC4=CC(=O)C=C[C@@]43C)[C@@H]1CC[C@H]2C(=O)CO. The number of fused-ring (bicyclic) bond motifs is 5. The predicted molar refractivity (Wildman–Crippen MR) is 93.6 cm³/mol. The maximum atomic E-state index is 12.3. The largest absolute Gasteiger partial charge is 0.393 e. The lowest BCUT2D eigenvalue weighted by Crippen LogP contribution is -2.56. The van der Waals surface area contributed by atoms with Gasteiger partial charge in [0.25, 0.3) is 0 Å². The summed E-state index contributed by atoms with van der Waals surface area (Å²) in [6, 6.07) is 0. The molecule has 0 aromatic carbocycles. The Bertz CT molecular complexity index is 677. The smallest absolute Gasteiger partial charge is 0.178 e. The van der Waals surface area contributed by atoms with Crippen LogP contribution in [0.4, 0.5) is 0 Å². The first-order valence-electron chi connectivity index (χ1n) is 9.57. The van der Waals surface area contributed by atoms with Gasteiger partial charge in [-0.1, -0.05) is 25.5 Å². The van der Waals surface area contributed by atoms with E-state index in [1.165, 1.54) is 0 Å². The van der Waals surface area contributed by atoms with Gasteiger partial charge in [-0.25, -0.2) is 0 Å². The second-order valence-corrected chi connectivity index (χ2v) is 9.05. The molecule has 3 saturated carbocycles. The summed E-state index contributed by atoms with van der Waals surface area (Å²) in [5.74, 6) is 0.734. The summed E-state index contributed by atoms with van der Waals surface area (Å²) in [6.07, 6.45) is 9.25. The molecule has 0 unspecified atom stereocenters. The van der Waals surface area contributed by atoms with Gasteiger partial charge in [-0.05, 0) is 61.5 Å². The van der Waals surface area contributed by atoms with Crippen molar-refractivity contribution in [2.75, 3.05) is 6.61 Å². The summed E-state index contributed by atoms with van der Waals surface area (Å²) < 4.78 is 0. The molecule has 4 aliphatic rings. The molecular formula is C21H28O4. The van der Waals surface area contributed by atoms with Crippen molar-refractivity contribution < 1.29 is 19.8 Å². The van der Waals surface area contributed by atoms with Gasteiger partial charge in [0.15, 0.2) is 11.6 Å². The highest BCUT2D eigenvalue weighted by atomic mass is 16.3. The number of carbonyl (C=O) groups is 2. The van der Waals surface area contributed by atoms with E-state index >= 15 is 0 Å². The fraction of sp³-hybridized carbons (Fsp3) is 0.714. The average Bonchev–Trinajstić information content (AvgIpc) is 2.91. The number of rotatable bonds is 2. The van der Waals surface area contributed by atoms with Gasteiger partial charge < -0.3 is 10.2 Å². The summed E-state index contributed by atoms with van der Waals surface area (Å²) in [7, 11) is 0.